The van der Waals surface area contributed by atoms with Crippen molar-refractivity contribution in [2.75, 3.05) is 9.80 Å². The summed E-state index contributed by atoms with van der Waals surface area (Å²) >= 11 is 0. The Morgan fingerprint density at radius 2 is 0.584 bits per heavy atom. The third-order valence-electron chi connectivity index (χ3n) is 16.5. The molecular weight excluding hydrogens is 929 g/mol. The fraction of sp³-hybridized carbons (Fsp3) is 0.0400. The summed E-state index contributed by atoms with van der Waals surface area (Å²) < 4.78 is 0. The van der Waals surface area contributed by atoms with Gasteiger partial charge in [-0.15, -0.1) is 0 Å². The molecule has 0 fully saturated rings. The van der Waals surface area contributed by atoms with Gasteiger partial charge in [0, 0.05) is 39.5 Å². The quantitative estimate of drug-likeness (QED) is 0.111. The second-order valence-corrected chi connectivity index (χ2v) is 21.2. The topological polar surface area (TPSA) is 6.48 Å². The van der Waals surface area contributed by atoms with E-state index < -0.39 is 0 Å². The Bertz CT molecular complexity index is 4610. The maximum Gasteiger partial charge on any atom is 0.0468 e. The van der Waals surface area contributed by atoms with E-state index in [1.54, 1.807) is 0 Å². The molecule has 0 spiro atoms. The van der Waals surface area contributed by atoms with Gasteiger partial charge in [-0.2, -0.15) is 0 Å². The maximum absolute atomic E-state index is 2.50. The van der Waals surface area contributed by atoms with Crippen LogP contribution >= 0.6 is 0 Å². The third kappa shape index (κ3) is 7.10. The zero-order valence-corrected chi connectivity index (χ0v) is 43.0. The minimum Gasteiger partial charge on any atom is -0.310 e. The second-order valence-electron chi connectivity index (χ2n) is 21.2. The number of benzene rings is 14. The highest BCUT2D eigenvalue weighted by atomic mass is 15.1. The first-order chi connectivity index (χ1) is 38.0. The standard InChI is InChI=1S/C75H52N2/c1-75(2)71-37-21-20-36-63(71)64-41-38-56(48-72(64)75)77(53-28-10-5-11-29-53)55-40-43-66-70(47-55)74(68-45-50-23-13-15-31-58(50)60-33-17-19-35-62(60)68)65-42-39-54(76(51-24-6-3-7-25-51)52-26-8-4-9-27-52)46-69(65)73(66)67-44-49-22-12-14-30-57(49)59-32-16-18-34-61(59)67/h3-48H,1-2H3. The number of nitrogens with zero attached hydrogens (tertiary/aromatic N) is 2. The van der Waals surface area contributed by atoms with Crippen LogP contribution in [-0.2, 0) is 5.41 Å². The lowest BCUT2D eigenvalue weighted by molar-refractivity contribution is 0.660. The van der Waals surface area contributed by atoms with Gasteiger partial charge in [-0.25, -0.2) is 0 Å². The van der Waals surface area contributed by atoms with E-state index in [9.17, 15) is 0 Å². The Kier molecular flexibility index (Phi) is 10.3. The number of para-hydroxylation sites is 3. The van der Waals surface area contributed by atoms with Crippen molar-refractivity contribution in [2.24, 2.45) is 0 Å². The number of hydrogen-bond donors (Lipinski definition) is 0. The van der Waals surface area contributed by atoms with Crippen LogP contribution in [-0.4, -0.2) is 0 Å². The average molecular weight is 981 g/mol. The van der Waals surface area contributed by atoms with Gasteiger partial charge >= 0.3 is 0 Å². The molecule has 0 amide bonds. The molecule has 0 saturated heterocycles. The monoisotopic (exact) mass is 980 g/mol. The van der Waals surface area contributed by atoms with Gasteiger partial charge in [-0.1, -0.05) is 208 Å². The molecule has 0 radical (unpaired) electrons. The Labute approximate surface area is 449 Å². The van der Waals surface area contributed by atoms with E-state index >= 15 is 0 Å². The molecule has 0 N–H and O–H groups in total. The van der Waals surface area contributed by atoms with E-state index in [-0.39, 0.29) is 5.41 Å². The van der Waals surface area contributed by atoms with Crippen molar-refractivity contribution < 1.29 is 0 Å². The largest absolute Gasteiger partial charge is 0.310 e. The highest BCUT2D eigenvalue weighted by molar-refractivity contribution is 6.29. The molecule has 2 nitrogen and oxygen atoms in total. The Balaban J connectivity index is 1.10. The van der Waals surface area contributed by atoms with Crippen molar-refractivity contribution in [1.82, 2.24) is 0 Å². The molecule has 0 heterocycles. The van der Waals surface area contributed by atoms with Crippen LogP contribution in [0.15, 0.2) is 279 Å². The van der Waals surface area contributed by atoms with Crippen molar-refractivity contribution in [3.8, 4) is 33.4 Å². The minimum absolute atomic E-state index is 0.163. The van der Waals surface area contributed by atoms with Crippen molar-refractivity contribution in [3.63, 3.8) is 0 Å². The van der Waals surface area contributed by atoms with Gasteiger partial charge in [0.2, 0.25) is 0 Å². The van der Waals surface area contributed by atoms with Gasteiger partial charge in [0.15, 0.2) is 0 Å². The Hall–Kier alpha value is -9.76. The van der Waals surface area contributed by atoms with Crippen LogP contribution in [0.2, 0.25) is 0 Å². The average Bonchev–Trinajstić information content (AvgIpc) is 3.79. The molecular formula is C75H52N2. The van der Waals surface area contributed by atoms with Gasteiger partial charge in [0.25, 0.3) is 0 Å². The summed E-state index contributed by atoms with van der Waals surface area (Å²) in [4.78, 5) is 4.87. The molecule has 15 rings (SSSR count). The molecule has 0 aromatic heterocycles. The molecule has 0 saturated carbocycles. The van der Waals surface area contributed by atoms with Crippen LogP contribution in [0, 0.1) is 0 Å². The summed E-state index contributed by atoms with van der Waals surface area (Å²) in [6.45, 7) is 4.75. The molecule has 0 unspecified atom stereocenters. The van der Waals surface area contributed by atoms with E-state index in [1.165, 1.54) is 109 Å². The predicted molar refractivity (Wildman–Crippen MR) is 329 cm³/mol. The predicted octanol–water partition coefficient (Wildman–Crippen LogP) is 21.2. The molecule has 1 aliphatic carbocycles. The van der Waals surface area contributed by atoms with Crippen LogP contribution in [0.3, 0.4) is 0 Å². The molecule has 0 aliphatic heterocycles. The van der Waals surface area contributed by atoms with Gasteiger partial charge in [0.05, 0.1) is 0 Å². The zero-order chi connectivity index (χ0) is 51.2. The van der Waals surface area contributed by atoms with E-state index in [1.807, 2.05) is 0 Å². The van der Waals surface area contributed by atoms with E-state index in [4.69, 9.17) is 0 Å². The second kappa shape index (κ2) is 17.7. The van der Waals surface area contributed by atoms with Crippen LogP contribution in [0.5, 0.6) is 0 Å². The summed E-state index contributed by atoms with van der Waals surface area (Å²) in [5.74, 6) is 0. The van der Waals surface area contributed by atoms with Crippen molar-refractivity contribution in [2.45, 2.75) is 19.3 Å². The van der Waals surface area contributed by atoms with Crippen LogP contribution in [0.25, 0.3) is 98.0 Å². The van der Waals surface area contributed by atoms with Crippen molar-refractivity contribution in [1.29, 1.82) is 0 Å². The van der Waals surface area contributed by atoms with Crippen LogP contribution < -0.4 is 9.80 Å². The fourth-order valence-corrected chi connectivity index (χ4v) is 13.0. The summed E-state index contributed by atoms with van der Waals surface area (Å²) in [7, 11) is 0. The molecule has 1 aliphatic rings. The smallest absolute Gasteiger partial charge is 0.0468 e. The molecule has 0 bridgehead atoms. The summed E-state index contributed by atoms with van der Waals surface area (Å²) in [6.07, 6.45) is 0. The van der Waals surface area contributed by atoms with Crippen molar-refractivity contribution >= 4 is 98.8 Å². The molecule has 2 heteroatoms. The summed E-state index contributed by atoms with van der Waals surface area (Å²) in [6, 6.07) is 104. The number of rotatable bonds is 8. The first kappa shape index (κ1) is 44.7. The molecule has 0 atom stereocenters. The first-order valence-electron chi connectivity index (χ1n) is 26.8. The van der Waals surface area contributed by atoms with Gasteiger partial charge in [-0.05, 0) is 194 Å². The molecule has 77 heavy (non-hydrogen) atoms. The van der Waals surface area contributed by atoms with Gasteiger partial charge in [0.1, 0.15) is 0 Å². The van der Waals surface area contributed by atoms with E-state index in [2.05, 4.69) is 303 Å². The minimum atomic E-state index is -0.163. The number of hydrogen-bond acceptors (Lipinski definition) is 2. The summed E-state index contributed by atoms with van der Waals surface area (Å²) in [5, 5.41) is 14.6. The highest BCUT2D eigenvalue weighted by Gasteiger charge is 2.36. The Morgan fingerprint density at radius 1 is 0.221 bits per heavy atom. The normalized spacial score (nSPS) is 12.6. The fourth-order valence-electron chi connectivity index (χ4n) is 13.0. The lowest BCUT2D eigenvalue weighted by Gasteiger charge is -2.29. The Morgan fingerprint density at radius 3 is 1.08 bits per heavy atom. The maximum atomic E-state index is 2.50. The zero-order valence-electron chi connectivity index (χ0n) is 43.0. The van der Waals surface area contributed by atoms with Crippen LogP contribution in [0.4, 0.5) is 34.1 Å². The molecule has 14 aromatic rings. The number of anilines is 6. The van der Waals surface area contributed by atoms with Gasteiger partial charge in [-0.3, -0.25) is 0 Å². The van der Waals surface area contributed by atoms with Gasteiger partial charge < -0.3 is 9.80 Å². The summed E-state index contributed by atoms with van der Waals surface area (Å²) in [5.41, 5.74) is 16.6. The van der Waals surface area contributed by atoms with Crippen molar-refractivity contribution in [3.05, 3.63) is 290 Å². The van der Waals surface area contributed by atoms with Crippen LogP contribution in [0.1, 0.15) is 25.0 Å². The first-order valence-corrected chi connectivity index (χ1v) is 26.8. The molecule has 14 aromatic carbocycles. The van der Waals surface area contributed by atoms with E-state index in [0.29, 0.717) is 0 Å². The lowest BCUT2D eigenvalue weighted by Crippen LogP contribution is -2.16. The lowest BCUT2D eigenvalue weighted by atomic mass is 9.81. The molecule has 362 valence electrons. The number of fused-ring (bicyclic) bond motifs is 11. The third-order valence-corrected chi connectivity index (χ3v) is 16.5. The van der Waals surface area contributed by atoms with E-state index in [0.717, 1.165) is 34.1 Å². The SMILES string of the molecule is CC1(C)c2ccccc2-c2ccc(N(c3ccccc3)c3ccc4c(-c5cc6ccccc6c6ccccc56)c5cc(N(c6ccccc6)c6ccccc6)ccc5c(-c5cc6ccccc6c6ccccc56)c4c3)cc21. The highest BCUT2D eigenvalue weighted by Crippen LogP contribution is 2.54.